The number of rotatable bonds is 4. The number of aromatic nitrogens is 1. The second-order valence-corrected chi connectivity index (χ2v) is 3.80. The first-order chi connectivity index (χ1) is 8.31. The van der Waals surface area contributed by atoms with Gasteiger partial charge in [-0.25, -0.2) is 4.98 Å². The Kier molecular flexibility index (Phi) is 3.73. The van der Waals surface area contributed by atoms with Gasteiger partial charge in [0.15, 0.2) is 0 Å². The summed E-state index contributed by atoms with van der Waals surface area (Å²) in [4.78, 5) is 4.50. The zero-order valence-corrected chi connectivity index (χ0v) is 9.89. The molecule has 0 atom stereocenters. The van der Waals surface area contributed by atoms with Gasteiger partial charge in [-0.3, -0.25) is 0 Å². The van der Waals surface area contributed by atoms with E-state index in [-0.39, 0.29) is 0 Å². The number of hydrogen-bond acceptors (Lipinski definition) is 3. The summed E-state index contributed by atoms with van der Waals surface area (Å²) in [7, 11) is 0. The zero-order valence-electron chi connectivity index (χ0n) is 9.89. The van der Waals surface area contributed by atoms with Crippen molar-refractivity contribution in [3.05, 3.63) is 48.2 Å². The van der Waals surface area contributed by atoms with E-state index in [2.05, 4.69) is 11.1 Å². The van der Waals surface area contributed by atoms with Gasteiger partial charge in [-0.2, -0.15) is 0 Å². The van der Waals surface area contributed by atoms with Crippen LogP contribution in [0.4, 0.5) is 0 Å². The predicted octanol–water partition coefficient (Wildman–Crippen LogP) is 2.44. The molecule has 3 heteroatoms. The van der Waals surface area contributed by atoms with E-state index in [1.165, 1.54) is 0 Å². The van der Waals surface area contributed by atoms with Gasteiger partial charge in [0.2, 0.25) is 0 Å². The minimum Gasteiger partial charge on any atom is -0.487 e. The Morgan fingerprint density at radius 2 is 2.12 bits per heavy atom. The smallest absolute Gasteiger partial charge is 0.146 e. The molecule has 0 aliphatic rings. The highest BCUT2D eigenvalue weighted by molar-refractivity contribution is 5.84. The molecule has 0 radical (unpaired) electrons. The van der Waals surface area contributed by atoms with Crippen LogP contribution in [0, 0.1) is 6.92 Å². The summed E-state index contributed by atoms with van der Waals surface area (Å²) in [6.07, 6.45) is 3.79. The summed E-state index contributed by atoms with van der Waals surface area (Å²) in [5, 5.41) is 1.09. The lowest BCUT2D eigenvalue weighted by Crippen LogP contribution is -1.98. The predicted molar refractivity (Wildman–Crippen MR) is 70.2 cm³/mol. The summed E-state index contributed by atoms with van der Waals surface area (Å²) < 4.78 is 5.67. The summed E-state index contributed by atoms with van der Waals surface area (Å²) in [5.41, 5.74) is 7.27. The third kappa shape index (κ3) is 2.82. The minimum absolute atomic E-state index is 0.520. The van der Waals surface area contributed by atoms with Crippen LogP contribution in [0.5, 0.6) is 5.75 Å². The lowest BCUT2D eigenvalue weighted by Gasteiger charge is -2.07. The Balaban J connectivity index is 2.27. The van der Waals surface area contributed by atoms with Gasteiger partial charge in [0.25, 0.3) is 0 Å². The Bertz CT molecular complexity index is 535. The molecule has 3 nitrogen and oxygen atoms in total. The Labute approximate surface area is 101 Å². The Hall–Kier alpha value is -1.87. The number of benzene rings is 1. The molecule has 17 heavy (non-hydrogen) atoms. The van der Waals surface area contributed by atoms with E-state index in [0.29, 0.717) is 13.2 Å². The van der Waals surface area contributed by atoms with Gasteiger partial charge in [-0.05, 0) is 19.1 Å². The molecule has 0 saturated heterocycles. The van der Waals surface area contributed by atoms with Crippen LogP contribution in [0.15, 0.2) is 42.5 Å². The van der Waals surface area contributed by atoms with Crippen molar-refractivity contribution in [2.75, 3.05) is 13.2 Å². The normalized spacial score (nSPS) is 11.2. The number of para-hydroxylation sites is 1. The van der Waals surface area contributed by atoms with Gasteiger partial charge < -0.3 is 10.5 Å². The van der Waals surface area contributed by atoms with Crippen LogP contribution >= 0.6 is 0 Å². The average Bonchev–Trinajstić information content (AvgIpc) is 2.35. The molecule has 2 aromatic rings. The van der Waals surface area contributed by atoms with Crippen molar-refractivity contribution in [1.29, 1.82) is 0 Å². The molecule has 1 heterocycles. The molecule has 1 aromatic heterocycles. The van der Waals surface area contributed by atoms with Gasteiger partial charge >= 0.3 is 0 Å². The van der Waals surface area contributed by atoms with Gasteiger partial charge in [0, 0.05) is 17.6 Å². The fraction of sp³-hybridized carbons (Fsp3) is 0.214. The maximum absolute atomic E-state index is 5.67. The molecular formula is C14H16N2O. The van der Waals surface area contributed by atoms with E-state index in [1.54, 1.807) is 0 Å². The minimum atomic E-state index is 0.520. The second-order valence-electron chi connectivity index (χ2n) is 3.80. The van der Waals surface area contributed by atoms with Crippen LogP contribution in [-0.4, -0.2) is 18.1 Å². The van der Waals surface area contributed by atoms with E-state index in [4.69, 9.17) is 10.5 Å². The SMILES string of the molecule is Cc1ccc2cccc(OCC=CCN)c2n1. The number of fused-ring (bicyclic) bond motifs is 1. The summed E-state index contributed by atoms with van der Waals surface area (Å²) >= 11 is 0. The number of nitrogens with two attached hydrogens (primary N) is 1. The monoisotopic (exact) mass is 228 g/mol. The van der Waals surface area contributed by atoms with E-state index < -0.39 is 0 Å². The number of hydrogen-bond donors (Lipinski definition) is 1. The molecule has 1 aromatic carbocycles. The molecule has 0 aliphatic heterocycles. The van der Waals surface area contributed by atoms with Gasteiger partial charge in [0.05, 0.1) is 0 Å². The molecule has 0 bridgehead atoms. The van der Waals surface area contributed by atoms with Crippen LogP contribution in [-0.2, 0) is 0 Å². The van der Waals surface area contributed by atoms with Crippen molar-refractivity contribution < 1.29 is 4.74 Å². The first kappa shape index (κ1) is 11.6. The molecule has 0 aliphatic carbocycles. The van der Waals surface area contributed by atoms with Gasteiger partial charge in [-0.15, -0.1) is 0 Å². The average molecular weight is 228 g/mol. The molecule has 88 valence electrons. The number of ether oxygens (including phenoxy) is 1. The number of pyridine rings is 1. The number of aryl methyl sites for hydroxylation is 1. The van der Waals surface area contributed by atoms with Crippen molar-refractivity contribution in [3.8, 4) is 5.75 Å². The highest BCUT2D eigenvalue weighted by Gasteiger charge is 2.02. The van der Waals surface area contributed by atoms with Crippen LogP contribution in [0.3, 0.4) is 0 Å². The fourth-order valence-corrected chi connectivity index (χ4v) is 1.64. The van der Waals surface area contributed by atoms with E-state index in [9.17, 15) is 0 Å². The lowest BCUT2D eigenvalue weighted by molar-refractivity contribution is 0.366. The standard InChI is InChI=1S/C14H16N2O/c1-11-7-8-12-5-4-6-13(14(12)16-11)17-10-3-2-9-15/h2-8H,9-10,15H2,1H3. The largest absolute Gasteiger partial charge is 0.487 e. The number of nitrogens with zero attached hydrogens (tertiary/aromatic N) is 1. The molecule has 0 amide bonds. The van der Waals surface area contributed by atoms with Crippen molar-refractivity contribution in [3.63, 3.8) is 0 Å². The van der Waals surface area contributed by atoms with Crippen molar-refractivity contribution in [2.45, 2.75) is 6.92 Å². The Morgan fingerprint density at radius 1 is 1.24 bits per heavy atom. The summed E-state index contributed by atoms with van der Waals surface area (Å²) in [6.45, 7) is 3.03. The summed E-state index contributed by atoms with van der Waals surface area (Å²) in [5.74, 6) is 0.813. The van der Waals surface area contributed by atoms with Crippen LogP contribution in [0.2, 0.25) is 0 Å². The van der Waals surface area contributed by atoms with Crippen molar-refractivity contribution in [1.82, 2.24) is 4.98 Å². The van der Waals surface area contributed by atoms with Crippen molar-refractivity contribution >= 4 is 10.9 Å². The maximum atomic E-state index is 5.67. The quantitative estimate of drug-likeness (QED) is 0.818. The third-order valence-corrected chi connectivity index (χ3v) is 2.46. The highest BCUT2D eigenvalue weighted by atomic mass is 16.5. The van der Waals surface area contributed by atoms with Gasteiger partial charge in [0.1, 0.15) is 17.9 Å². The zero-order chi connectivity index (χ0) is 12.1. The van der Waals surface area contributed by atoms with E-state index in [0.717, 1.165) is 22.3 Å². The molecule has 0 spiro atoms. The van der Waals surface area contributed by atoms with E-state index in [1.807, 2.05) is 43.3 Å². The van der Waals surface area contributed by atoms with Crippen molar-refractivity contribution in [2.24, 2.45) is 5.73 Å². The van der Waals surface area contributed by atoms with Crippen LogP contribution in [0.25, 0.3) is 10.9 Å². The fourth-order valence-electron chi connectivity index (χ4n) is 1.64. The topological polar surface area (TPSA) is 48.1 Å². The second kappa shape index (κ2) is 5.46. The highest BCUT2D eigenvalue weighted by Crippen LogP contribution is 2.23. The van der Waals surface area contributed by atoms with Crippen LogP contribution in [0.1, 0.15) is 5.69 Å². The molecule has 0 fully saturated rings. The first-order valence-electron chi connectivity index (χ1n) is 5.65. The lowest BCUT2D eigenvalue weighted by atomic mass is 10.2. The van der Waals surface area contributed by atoms with Crippen LogP contribution < -0.4 is 10.5 Å². The third-order valence-electron chi connectivity index (χ3n) is 2.46. The maximum Gasteiger partial charge on any atom is 0.146 e. The molecule has 2 rings (SSSR count). The van der Waals surface area contributed by atoms with Gasteiger partial charge in [-0.1, -0.05) is 30.4 Å². The van der Waals surface area contributed by atoms with E-state index >= 15 is 0 Å². The molecule has 0 saturated carbocycles. The molecule has 0 unspecified atom stereocenters. The first-order valence-corrected chi connectivity index (χ1v) is 5.65. The Morgan fingerprint density at radius 3 is 2.94 bits per heavy atom. The summed E-state index contributed by atoms with van der Waals surface area (Å²) in [6, 6.07) is 10.00. The molecule has 2 N–H and O–H groups in total. The molecular weight excluding hydrogens is 212 g/mol.